The van der Waals surface area contributed by atoms with Crippen LogP contribution >= 0.6 is 10.7 Å². The molecular weight excluding hydrogens is 238 g/mol. The summed E-state index contributed by atoms with van der Waals surface area (Å²) >= 11 is 0. The molecule has 78 valence electrons. The Morgan fingerprint density at radius 3 is 2.87 bits per heavy atom. The number of halogens is 1. The molecule has 6 heteroatoms. The van der Waals surface area contributed by atoms with Crippen molar-refractivity contribution in [1.29, 1.82) is 5.26 Å². The Balaban J connectivity index is 2.44. The Bertz CT molecular complexity index is 547. The molecule has 0 saturated heterocycles. The van der Waals surface area contributed by atoms with Crippen LogP contribution in [0.5, 0.6) is 5.75 Å². The van der Waals surface area contributed by atoms with Crippen LogP contribution in [0.4, 0.5) is 0 Å². The summed E-state index contributed by atoms with van der Waals surface area (Å²) < 4.78 is 27.3. The molecule has 0 spiro atoms. The van der Waals surface area contributed by atoms with Gasteiger partial charge in [0.25, 0.3) is 9.05 Å². The first-order valence-electron chi connectivity index (χ1n) is 4.14. The van der Waals surface area contributed by atoms with Crippen molar-refractivity contribution in [3.05, 3.63) is 23.8 Å². The van der Waals surface area contributed by atoms with Gasteiger partial charge in [-0.1, -0.05) is 0 Å². The molecule has 0 aromatic heterocycles. The fraction of sp³-hybridized carbons (Fsp3) is 0.222. The summed E-state index contributed by atoms with van der Waals surface area (Å²) in [5.41, 5.74) is 0.697. The summed E-state index contributed by atoms with van der Waals surface area (Å²) in [5.74, 6) is 0.547. The summed E-state index contributed by atoms with van der Waals surface area (Å²) in [6, 6.07) is 6.28. The minimum Gasteiger partial charge on any atom is -0.475 e. The van der Waals surface area contributed by atoms with Crippen LogP contribution in [-0.4, -0.2) is 14.5 Å². The summed E-state index contributed by atoms with van der Waals surface area (Å²) in [6.45, 7) is 0. The fourth-order valence-electron chi connectivity index (χ4n) is 1.45. The van der Waals surface area contributed by atoms with Crippen molar-refractivity contribution >= 4 is 19.7 Å². The lowest BCUT2D eigenvalue weighted by Crippen LogP contribution is -2.08. The molecule has 1 unspecified atom stereocenters. The van der Waals surface area contributed by atoms with Gasteiger partial charge in [-0.25, -0.2) is 8.42 Å². The van der Waals surface area contributed by atoms with Crippen LogP contribution in [0.2, 0.25) is 0 Å². The van der Waals surface area contributed by atoms with Crippen molar-refractivity contribution in [2.75, 3.05) is 0 Å². The van der Waals surface area contributed by atoms with E-state index in [1.165, 1.54) is 18.2 Å². The predicted octanol–water partition coefficient (Wildman–Crippen LogP) is 1.44. The largest absolute Gasteiger partial charge is 0.475 e. The molecule has 1 aromatic rings. The number of nitrogens with zero attached hydrogens (tertiary/aromatic N) is 1. The van der Waals surface area contributed by atoms with Crippen molar-refractivity contribution in [3.8, 4) is 11.8 Å². The van der Waals surface area contributed by atoms with E-state index in [-0.39, 0.29) is 4.90 Å². The summed E-state index contributed by atoms with van der Waals surface area (Å²) in [4.78, 5) is 0.0325. The van der Waals surface area contributed by atoms with E-state index in [0.29, 0.717) is 17.7 Å². The maximum absolute atomic E-state index is 11.0. The van der Waals surface area contributed by atoms with E-state index in [1.807, 2.05) is 6.07 Å². The molecule has 0 bridgehead atoms. The van der Waals surface area contributed by atoms with E-state index in [1.54, 1.807) is 0 Å². The molecule has 0 fully saturated rings. The molecule has 0 amide bonds. The van der Waals surface area contributed by atoms with Gasteiger partial charge in [0.2, 0.25) is 0 Å². The average molecular weight is 244 g/mol. The molecule has 1 aliphatic rings. The second-order valence-corrected chi connectivity index (χ2v) is 5.71. The van der Waals surface area contributed by atoms with E-state index < -0.39 is 15.2 Å². The predicted molar refractivity (Wildman–Crippen MR) is 53.2 cm³/mol. The molecule has 4 nitrogen and oxygen atoms in total. The second kappa shape index (κ2) is 3.40. The van der Waals surface area contributed by atoms with Crippen LogP contribution in [0.3, 0.4) is 0 Å². The van der Waals surface area contributed by atoms with Crippen LogP contribution in [-0.2, 0) is 15.5 Å². The van der Waals surface area contributed by atoms with E-state index in [2.05, 4.69) is 0 Å². The van der Waals surface area contributed by atoms with Crippen LogP contribution in [0, 0.1) is 11.3 Å². The van der Waals surface area contributed by atoms with Gasteiger partial charge >= 0.3 is 0 Å². The van der Waals surface area contributed by atoms with Gasteiger partial charge in [-0.15, -0.1) is 0 Å². The molecule has 0 saturated carbocycles. The van der Waals surface area contributed by atoms with E-state index in [4.69, 9.17) is 20.7 Å². The lowest BCUT2D eigenvalue weighted by molar-refractivity contribution is 0.290. The van der Waals surface area contributed by atoms with Crippen molar-refractivity contribution in [1.82, 2.24) is 0 Å². The van der Waals surface area contributed by atoms with E-state index >= 15 is 0 Å². The number of rotatable bonds is 1. The molecule has 0 aliphatic carbocycles. The van der Waals surface area contributed by atoms with Gasteiger partial charge in [0, 0.05) is 22.7 Å². The fourth-order valence-corrected chi connectivity index (χ4v) is 2.25. The van der Waals surface area contributed by atoms with Gasteiger partial charge in [0.05, 0.1) is 4.90 Å². The zero-order valence-corrected chi connectivity index (χ0v) is 9.05. The Labute approximate surface area is 91.5 Å². The summed E-state index contributed by atoms with van der Waals surface area (Å²) in [5, 5.41) is 8.65. The summed E-state index contributed by atoms with van der Waals surface area (Å²) in [6.07, 6.45) is -0.139. The van der Waals surface area contributed by atoms with Gasteiger partial charge in [0.1, 0.15) is 11.8 Å². The monoisotopic (exact) mass is 243 g/mol. The first-order valence-corrected chi connectivity index (χ1v) is 6.45. The molecule has 0 radical (unpaired) electrons. The smallest absolute Gasteiger partial charge is 0.261 e. The summed E-state index contributed by atoms with van der Waals surface area (Å²) in [7, 11) is 1.48. The highest BCUT2D eigenvalue weighted by atomic mass is 35.7. The quantitative estimate of drug-likeness (QED) is 0.700. The van der Waals surface area contributed by atoms with Crippen molar-refractivity contribution < 1.29 is 13.2 Å². The van der Waals surface area contributed by atoms with Crippen molar-refractivity contribution in [2.24, 2.45) is 0 Å². The Morgan fingerprint density at radius 2 is 2.27 bits per heavy atom. The minimum atomic E-state index is -3.71. The molecule has 1 atom stereocenters. The first-order chi connectivity index (χ1) is 7.00. The molecule has 15 heavy (non-hydrogen) atoms. The number of hydrogen-bond acceptors (Lipinski definition) is 4. The minimum absolute atomic E-state index is 0.0325. The molecule has 1 aliphatic heterocycles. The van der Waals surface area contributed by atoms with Gasteiger partial charge in [-0.3, -0.25) is 0 Å². The number of benzene rings is 1. The zero-order chi connectivity index (χ0) is 11.1. The van der Waals surface area contributed by atoms with Crippen LogP contribution in [0.15, 0.2) is 23.1 Å². The van der Waals surface area contributed by atoms with Gasteiger partial charge in [-0.2, -0.15) is 5.26 Å². The zero-order valence-electron chi connectivity index (χ0n) is 7.47. The molecule has 2 rings (SSSR count). The standard InChI is InChI=1S/C9H6ClNO3S/c10-15(12,13)8-1-2-9-6(4-8)3-7(5-11)14-9/h1-2,4,7H,3H2. The van der Waals surface area contributed by atoms with Crippen molar-refractivity contribution in [2.45, 2.75) is 17.4 Å². The average Bonchev–Trinajstić information content (AvgIpc) is 2.57. The second-order valence-electron chi connectivity index (χ2n) is 3.15. The topological polar surface area (TPSA) is 67.2 Å². The Kier molecular flexibility index (Phi) is 2.33. The van der Waals surface area contributed by atoms with E-state index in [9.17, 15) is 8.42 Å². The molecule has 1 heterocycles. The highest BCUT2D eigenvalue weighted by Gasteiger charge is 2.24. The lowest BCUT2D eigenvalue weighted by atomic mass is 10.1. The Hall–Kier alpha value is -1.25. The highest BCUT2D eigenvalue weighted by Crippen LogP contribution is 2.31. The maximum Gasteiger partial charge on any atom is 0.261 e. The SMILES string of the molecule is N#CC1Cc2cc(S(=O)(=O)Cl)ccc2O1. The molecule has 1 aromatic carbocycles. The number of fused-ring (bicyclic) bond motifs is 1. The highest BCUT2D eigenvalue weighted by molar-refractivity contribution is 8.13. The molecule has 0 N–H and O–H groups in total. The van der Waals surface area contributed by atoms with Crippen LogP contribution in [0.1, 0.15) is 5.56 Å². The lowest BCUT2D eigenvalue weighted by Gasteiger charge is -2.00. The van der Waals surface area contributed by atoms with Crippen molar-refractivity contribution in [3.63, 3.8) is 0 Å². The third-order valence-electron chi connectivity index (χ3n) is 2.13. The number of nitriles is 1. The van der Waals surface area contributed by atoms with E-state index in [0.717, 1.165) is 0 Å². The number of ether oxygens (including phenoxy) is 1. The normalized spacial score (nSPS) is 19.1. The third-order valence-corrected chi connectivity index (χ3v) is 3.48. The molecular formula is C9H6ClNO3S. The van der Waals surface area contributed by atoms with Gasteiger partial charge in [0.15, 0.2) is 6.10 Å². The maximum atomic E-state index is 11.0. The number of hydrogen-bond donors (Lipinski definition) is 0. The van der Waals surface area contributed by atoms with Crippen LogP contribution in [0.25, 0.3) is 0 Å². The third kappa shape index (κ3) is 1.91. The van der Waals surface area contributed by atoms with Gasteiger partial charge < -0.3 is 4.74 Å². The Morgan fingerprint density at radius 1 is 1.53 bits per heavy atom. The van der Waals surface area contributed by atoms with Gasteiger partial charge in [-0.05, 0) is 18.2 Å². The van der Waals surface area contributed by atoms with Crippen LogP contribution < -0.4 is 4.74 Å². The first kappa shape index (κ1) is 10.3.